The van der Waals surface area contributed by atoms with E-state index in [1.54, 1.807) is 0 Å². The number of likely N-dealkylation sites (N-methyl/N-ethyl adjacent to an activating group) is 1. The lowest BCUT2D eigenvalue weighted by Gasteiger charge is -2.33. The molecule has 0 unspecified atom stereocenters. The number of fused-ring (bicyclic) bond motifs is 1. The third-order valence-corrected chi connectivity index (χ3v) is 5.00. The van der Waals surface area contributed by atoms with Crippen molar-refractivity contribution < 1.29 is 4.79 Å². The number of aromatic nitrogens is 2. The normalized spacial score (nSPS) is 15.4. The van der Waals surface area contributed by atoms with E-state index in [-0.39, 0.29) is 5.91 Å². The van der Waals surface area contributed by atoms with Crippen molar-refractivity contribution in [2.75, 3.05) is 33.2 Å². The minimum Gasteiger partial charge on any atom is -0.336 e. The highest BCUT2D eigenvalue weighted by atomic mass is 16.2. The van der Waals surface area contributed by atoms with Gasteiger partial charge in [-0.3, -0.25) is 4.79 Å². The highest BCUT2D eigenvalue weighted by Gasteiger charge is 2.26. The Bertz CT molecular complexity index is 944. The molecule has 132 valence electrons. The Morgan fingerprint density at radius 3 is 2.35 bits per heavy atom. The number of rotatable bonds is 2. The van der Waals surface area contributed by atoms with Gasteiger partial charge < -0.3 is 9.80 Å². The van der Waals surface area contributed by atoms with E-state index in [4.69, 9.17) is 0 Å². The van der Waals surface area contributed by atoms with Crippen molar-refractivity contribution in [1.29, 1.82) is 0 Å². The third-order valence-electron chi connectivity index (χ3n) is 5.00. The molecule has 0 aliphatic carbocycles. The molecule has 1 aliphatic rings. The van der Waals surface area contributed by atoms with Crippen LogP contribution in [0.1, 0.15) is 15.9 Å². The van der Waals surface area contributed by atoms with Crippen molar-refractivity contribution in [1.82, 2.24) is 20.0 Å². The molecule has 0 bridgehead atoms. The molecular formula is C21H22N4O. The molecule has 0 radical (unpaired) electrons. The van der Waals surface area contributed by atoms with Crippen molar-refractivity contribution >= 4 is 16.8 Å². The average Bonchev–Trinajstić information content (AvgIpc) is 2.68. The summed E-state index contributed by atoms with van der Waals surface area (Å²) in [5.74, 6) is 0.0415. The third kappa shape index (κ3) is 3.06. The summed E-state index contributed by atoms with van der Waals surface area (Å²) in [5, 5.41) is 9.64. The summed E-state index contributed by atoms with van der Waals surface area (Å²) in [7, 11) is 2.09. The SMILES string of the molecule is Cc1ccc(-c2nnc3ccccc3c2C(=O)N2CCN(C)CC2)cc1. The Kier molecular flexibility index (Phi) is 4.39. The quantitative estimate of drug-likeness (QED) is 0.716. The molecule has 1 saturated heterocycles. The number of hydrogen-bond donors (Lipinski definition) is 0. The van der Waals surface area contributed by atoms with Gasteiger partial charge in [-0.1, -0.05) is 48.0 Å². The summed E-state index contributed by atoms with van der Waals surface area (Å²) in [5.41, 5.74) is 4.17. The summed E-state index contributed by atoms with van der Waals surface area (Å²) < 4.78 is 0. The molecule has 26 heavy (non-hydrogen) atoms. The van der Waals surface area contributed by atoms with Crippen LogP contribution in [0.3, 0.4) is 0 Å². The van der Waals surface area contributed by atoms with Gasteiger partial charge in [-0.15, -0.1) is 10.2 Å². The van der Waals surface area contributed by atoms with Crippen LogP contribution in [0.5, 0.6) is 0 Å². The number of hydrogen-bond acceptors (Lipinski definition) is 4. The van der Waals surface area contributed by atoms with E-state index in [2.05, 4.69) is 22.1 Å². The van der Waals surface area contributed by atoms with E-state index in [9.17, 15) is 4.79 Å². The van der Waals surface area contributed by atoms with Gasteiger partial charge in [0.15, 0.2) is 0 Å². The van der Waals surface area contributed by atoms with Crippen LogP contribution in [0.4, 0.5) is 0 Å². The van der Waals surface area contributed by atoms with Gasteiger partial charge in [0.05, 0.1) is 11.1 Å². The Labute approximate surface area is 153 Å². The zero-order chi connectivity index (χ0) is 18.1. The lowest BCUT2D eigenvalue weighted by Crippen LogP contribution is -2.47. The van der Waals surface area contributed by atoms with Crippen LogP contribution in [0.15, 0.2) is 48.5 Å². The first-order valence-electron chi connectivity index (χ1n) is 8.94. The highest BCUT2D eigenvalue weighted by Crippen LogP contribution is 2.28. The maximum atomic E-state index is 13.4. The first-order valence-corrected chi connectivity index (χ1v) is 8.94. The standard InChI is InChI=1S/C21H22N4O/c1-15-7-9-16(10-8-15)20-19(17-5-3-4-6-18(17)22-23-20)21(26)25-13-11-24(2)12-14-25/h3-10H,11-14H2,1-2H3. The molecule has 1 aliphatic heterocycles. The maximum Gasteiger partial charge on any atom is 0.256 e. The van der Waals surface area contributed by atoms with Gasteiger partial charge in [0.2, 0.25) is 0 Å². The van der Waals surface area contributed by atoms with Crippen LogP contribution < -0.4 is 0 Å². The molecule has 1 fully saturated rings. The van der Waals surface area contributed by atoms with Crippen molar-refractivity contribution in [3.05, 3.63) is 59.7 Å². The monoisotopic (exact) mass is 346 g/mol. The van der Waals surface area contributed by atoms with E-state index in [1.165, 1.54) is 5.56 Å². The van der Waals surface area contributed by atoms with E-state index in [0.717, 1.165) is 42.6 Å². The van der Waals surface area contributed by atoms with Gasteiger partial charge in [0.25, 0.3) is 5.91 Å². The average molecular weight is 346 g/mol. The van der Waals surface area contributed by atoms with E-state index < -0.39 is 0 Å². The number of amides is 1. The van der Waals surface area contributed by atoms with E-state index in [0.29, 0.717) is 11.3 Å². The molecule has 3 aromatic rings. The van der Waals surface area contributed by atoms with E-state index in [1.807, 2.05) is 60.4 Å². The van der Waals surface area contributed by atoms with E-state index >= 15 is 0 Å². The zero-order valence-corrected chi connectivity index (χ0v) is 15.1. The Morgan fingerprint density at radius 2 is 1.62 bits per heavy atom. The second-order valence-corrected chi connectivity index (χ2v) is 6.90. The van der Waals surface area contributed by atoms with Crippen LogP contribution in [-0.4, -0.2) is 59.1 Å². The number of nitrogens with zero attached hydrogens (tertiary/aromatic N) is 4. The van der Waals surface area contributed by atoms with Crippen LogP contribution in [0.25, 0.3) is 22.2 Å². The largest absolute Gasteiger partial charge is 0.336 e. The van der Waals surface area contributed by atoms with Crippen LogP contribution in [0.2, 0.25) is 0 Å². The summed E-state index contributed by atoms with van der Waals surface area (Å²) in [6.07, 6.45) is 0. The number of piperazine rings is 1. The van der Waals surface area contributed by atoms with Crippen molar-refractivity contribution in [3.8, 4) is 11.3 Å². The lowest BCUT2D eigenvalue weighted by molar-refractivity contribution is 0.0666. The van der Waals surface area contributed by atoms with Crippen molar-refractivity contribution in [3.63, 3.8) is 0 Å². The Balaban J connectivity index is 1.86. The fourth-order valence-corrected chi connectivity index (χ4v) is 3.35. The van der Waals surface area contributed by atoms with Crippen LogP contribution in [0, 0.1) is 6.92 Å². The molecule has 0 saturated carbocycles. The molecular weight excluding hydrogens is 324 g/mol. The fourth-order valence-electron chi connectivity index (χ4n) is 3.35. The number of carbonyl (C=O) groups excluding carboxylic acids is 1. The number of aryl methyl sites for hydroxylation is 1. The summed E-state index contributed by atoms with van der Waals surface area (Å²) in [6.45, 7) is 5.30. The van der Waals surface area contributed by atoms with Crippen LogP contribution in [-0.2, 0) is 0 Å². The van der Waals surface area contributed by atoms with Crippen LogP contribution >= 0.6 is 0 Å². The topological polar surface area (TPSA) is 49.3 Å². The summed E-state index contributed by atoms with van der Waals surface area (Å²) in [4.78, 5) is 17.6. The highest BCUT2D eigenvalue weighted by molar-refractivity contribution is 6.10. The molecule has 5 nitrogen and oxygen atoms in total. The fraction of sp³-hybridized carbons (Fsp3) is 0.286. The van der Waals surface area contributed by atoms with Crippen molar-refractivity contribution in [2.24, 2.45) is 0 Å². The van der Waals surface area contributed by atoms with Gasteiger partial charge in [0, 0.05) is 37.1 Å². The molecule has 1 aromatic heterocycles. The summed E-state index contributed by atoms with van der Waals surface area (Å²) in [6, 6.07) is 15.8. The molecule has 0 spiro atoms. The molecule has 5 heteroatoms. The maximum absolute atomic E-state index is 13.4. The second kappa shape index (κ2) is 6.84. The number of benzene rings is 2. The van der Waals surface area contributed by atoms with Gasteiger partial charge >= 0.3 is 0 Å². The van der Waals surface area contributed by atoms with Gasteiger partial charge in [-0.05, 0) is 20.0 Å². The zero-order valence-electron chi connectivity index (χ0n) is 15.1. The minimum absolute atomic E-state index is 0.0415. The van der Waals surface area contributed by atoms with Gasteiger partial charge in [-0.25, -0.2) is 0 Å². The minimum atomic E-state index is 0.0415. The summed E-state index contributed by atoms with van der Waals surface area (Å²) >= 11 is 0. The molecule has 2 heterocycles. The van der Waals surface area contributed by atoms with Crippen molar-refractivity contribution in [2.45, 2.75) is 6.92 Å². The second-order valence-electron chi connectivity index (χ2n) is 6.90. The predicted octanol–water partition coefficient (Wildman–Crippen LogP) is 2.99. The lowest BCUT2D eigenvalue weighted by atomic mass is 10.00. The first kappa shape index (κ1) is 16.7. The first-order chi connectivity index (χ1) is 12.6. The molecule has 0 N–H and O–H groups in total. The predicted molar refractivity (Wildman–Crippen MR) is 103 cm³/mol. The molecule has 0 atom stereocenters. The van der Waals surface area contributed by atoms with Gasteiger partial charge in [-0.2, -0.15) is 0 Å². The number of carbonyl (C=O) groups is 1. The Hall–Kier alpha value is -2.79. The molecule has 2 aromatic carbocycles. The molecule has 1 amide bonds. The molecule has 4 rings (SSSR count). The smallest absolute Gasteiger partial charge is 0.256 e. The Morgan fingerprint density at radius 1 is 0.923 bits per heavy atom. The van der Waals surface area contributed by atoms with Gasteiger partial charge in [0.1, 0.15) is 5.69 Å².